The maximum atomic E-state index is 13.5. The Bertz CT molecular complexity index is 419. The number of hydrogen-bond acceptors (Lipinski definition) is 2. The second kappa shape index (κ2) is 7.96. The predicted octanol–water partition coefficient (Wildman–Crippen LogP) is 3.83. The highest BCUT2D eigenvalue weighted by atomic mass is 35.5. The van der Waals surface area contributed by atoms with E-state index in [-0.39, 0.29) is 10.8 Å². The van der Waals surface area contributed by atoms with Crippen molar-refractivity contribution >= 4 is 11.6 Å². The second-order valence-electron chi connectivity index (χ2n) is 5.63. The van der Waals surface area contributed by atoms with Gasteiger partial charge in [-0.3, -0.25) is 4.90 Å². The van der Waals surface area contributed by atoms with Gasteiger partial charge < -0.3 is 5.32 Å². The first-order valence-electron chi connectivity index (χ1n) is 7.58. The number of benzene rings is 1. The van der Waals surface area contributed by atoms with Gasteiger partial charge in [0.1, 0.15) is 5.82 Å². The van der Waals surface area contributed by atoms with E-state index >= 15 is 0 Å². The summed E-state index contributed by atoms with van der Waals surface area (Å²) in [5, 5.41) is 3.78. The molecule has 0 radical (unpaired) electrons. The monoisotopic (exact) mass is 298 g/mol. The summed E-state index contributed by atoms with van der Waals surface area (Å²) < 4.78 is 13.5. The summed E-state index contributed by atoms with van der Waals surface area (Å²) >= 11 is 5.74. The van der Waals surface area contributed by atoms with Crippen LogP contribution in [0.1, 0.15) is 38.2 Å². The van der Waals surface area contributed by atoms with Crippen LogP contribution in [0.4, 0.5) is 4.39 Å². The first-order valence-corrected chi connectivity index (χ1v) is 7.96. The molecule has 0 amide bonds. The lowest BCUT2D eigenvalue weighted by atomic mass is 10.0. The van der Waals surface area contributed by atoms with Crippen LogP contribution >= 0.6 is 11.6 Å². The number of piperidine rings is 1. The van der Waals surface area contributed by atoms with Crippen molar-refractivity contribution in [2.24, 2.45) is 0 Å². The first kappa shape index (κ1) is 15.7. The molecule has 1 saturated heterocycles. The van der Waals surface area contributed by atoms with Gasteiger partial charge in [-0.05, 0) is 50.0 Å². The van der Waals surface area contributed by atoms with Crippen LogP contribution in [-0.2, 0) is 6.54 Å². The molecule has 1 unspecified atom stereocenters. The lowest BCUT2D eigenvalue weighted by Gasteiger charge is -2.30. The van der Waals surface area contributed by atoms with E-state index in [1.807, 2.05) is 6.07 Å². The summed E-state index contributed by atoms with van der Waals surface area (Å²) in [6, 6.07) is 5.70. The zero-order valence-electron chi connectivity index (χ0n) is 12.2. The minimum atomic E-state index is -0.323. The molecule has 20 heavy (non-hydrogen) atoms. The summed E-state index contributed by atoms with van der Waals surface area (Å²) in [6.07, 6.45) is 4.96. The Balaban J connectivity index is 1.94. The van der Waals surface area contributed by atoms with Crippen molar-refractivity contribution in [2.45, 2.75) is 45.2 Å². The molecule has 0 bridgehead atoms. The topological polar surface area (TPSA) is 15.3 Å². The van der Waals surface area contributed by atoms with Crippen molar-refractivity contribution in [1.82, 2.24) is 10.2 Å². The van der Waals surface area contributed by atoms with Gasteiger partial charge in [0.05, 0.1) is 5.02 Å². The Labute approximate surface area is 126 Å². The number of halogens is 2. The molecule has 2 rings (SSSR count). The number of nitrogens with one attached hydrogen (secondary N) is 1. The van der Waals surface area contributed by atoms with Gasteiger partial charge in [-0.25, -0.2) is 4.39 Å². The summed E-state index contributed by atoms with van der Waals surface area (Å²) in [7, 11) is 0. The van der Waals surface area contributed by atoms with E-state index in [2.05, 4.69) is 17.1 Å². The molecule has 1 atom stereocenters. The molecule has 1 aromatic rings. The van der Waals surface area contributed by atoms with Crippen LogP contribution < -0.4 is 5.32 Å². The number of rotatable bonds is 6. The van der Waals surface area contributed by atoms with Gasteiger partial charge in [-0.15, -0.1) is 0 Å². The van der Waals surface area contributed by atoms with Crippen LogP contribution in [0.15, 0.2) is 18.2 Å². The molecule has 1 aromatic carbocycles. The molecule has 4 heteroatoms. The van der Waals surface area contributed by atoms with Crippen LogP contribution in [-0.4, -0.2) is 30.6 Å². The van der Waals surface area contributed by atoms with Gasteiger partial charge in [0.2, 0.25) is 0 Å². The van der Waals surface area contributed by atoms with E-state index in [1.54, 1.807) is 12.1 Å². The summed E-state index contributed by atoms with van der Waals surface area (Å²) in [6.45, 7) is 6.19. The van der Waals surface area contributed by atoms with Crippen molar-refractivity contribution in [1.29, 1.82) is 0 Å². The van der Waals surface area contributed by atoms with Gasteiger partial charge in [-0.2, -0.15) is 0 Å². The third-order valence-corrected chi connectivity index (χ3v) is 4.13. The van der Waals surface area contributed by atoms with Gasteiger partial charge >= 0.3 is 0 Å². The molecule has 0 saturated carbocycles. The van der Waals surface area contributed by atoms with Crippen molar-refractivity contribution < 1.29 is 4.39 Å². The van der Waals surface area contributed by atoms with Crippen LogP contribution in [0.3, 0.4) is 0 Å². The average Bonchev–Trinajstić information content (AvgIpc) is 2.44. The molecule has 1 aliphatic rings. The van der Waals surface area contributed by atoms with E-state index < -0.39 is 0 Å². The van der Waals surface area contributed by atoms with Crippen LogP contribution in [0.25, 0.3) is 0 Å². The normalized spacial score (nSPS) is 19.5. The predicted molar refractivity (Wildman–Crippen MR) is 82.6 cm³/mol. The van der Waals surface area contributed by atoms with Gasteiger partial charge in [0.25, 0.3) is 0 Å². The van der Waals surface area contributed by atoms with Gasteiger partial charge in [0.15, 0.2) is 0 Å². The van der Waals surface area contributed by atoms with E-state index in [4.69, 9.17) is 11.6 Å². The lowest BCUT2D eigenvalue weighted by Crippen LogP contribution is -2.43. The smallest absolute Gasteiger partial charge is 0.142 e. The van der Waals surface area contributed by atoms with Crippen LogP contribution in [0.2, 0.25) is 5.02 Å². The molecular formula is C16H24ClFN2. The van der Waals surface area contributed by atoms with E-state index in [0.29, 0.717) is 6.04 Å². The van der Waals surface area contributed by atoms with Gasteiger partial charge in [0, 0.05) is 19.1 Å². The fraction of sp³-hybridized carbons (Fsp3) is 0.625. The number of nitrogens with zero attached hydrogens (tertiary/aromatic N) is 1. The Morgan fingerprint density at radius 3 is 2.90 bits per heavy atom. The highest BCUT2D eigenvalue weighted by Crippen LogP contribution is 2.17. The molecule has 1 heterocycles. The standard InChI is InChI=1S/C16H24ClFN2/c1-2-9-20(12-14-5-3-4-8-19-14)11-13-6-7-15(17)16(18)10-13/h6-7,10,14,19H,2-5,8-9,11-12H2,1H3. The summed E-state index contributed by atoms with van der Waals surface area (Å²) in [5.74, 6) is -0.323. The van der Waals surface area contributed by atoms with Gasteiger partial charge in [-0.1, -0.05) is 31.0 Å². The second-order valence-corrected chi connectivity index (χ2v) is 6.04. The highest BCUT2D eigenvalue weighted by molar-refractivity contribution is 6.30. The van der Waals surface area contributed by atoms with Crippen molar-refractivity contribution in [3.8, 4) is 0 Å². The van der Waals surface area contributed by atoms with E-state index in [1.165, 1.54) is 19.3 Å². The molecule has 1 N–H and O–H groups in total. The lowest BCUT2D eigenvalue weighted by molar-refractivity contribution is 0.217. The first-order chi connectivity index (χ1) is 9.69. The quantitative estimate of drug-likeness (QED) is 0.858. The fourth-order valence-electron chi connectivity index (χ4n) is 2.84. The molecule has 112 valence electrons. The SMILES string of the molecule is CCCN(Cc1ccc(Cl)c(F)c1)CC1CCCCN1. The maximum Gasteiger partial charge on any atom is 0.142 e. The minimum Gasteiger partial charge on any atom is -0.313 e. The summed E-state index contributed by atoms with van der Waals surface area (Å²) in [5.41, 5.74) is 0.996. The average molecular weight is 299 g/mol. The molecular weight excluding hydrogens is 275 g/mol. The van der Waals surface area contributed by atoms with E-state index in [9.17, 15) is 4.39 Å². The Kier molecular flexibility index (Phi) is 6.27. The number of hydrogen-bond donors (Lipinski definition) is 1. The van der Waals surface area contributed by atoms with Crippen LogP contribution in [0, 0.1) is 5.82 Å². The molecule has 0 aliphatic carbocycles. The molecule has 0 spiro atoms. The molecule has 2 nitrogen and oxygen atoms in total. The zero-order chi connectivity index (χ0) is 14.4. The Morgan fingerprint density at radius 2 is 2.25 bits per heavy atom. The molecule has 1 fully saturated rings. The van der Waals surface area contributed by atoms with Crippen molar-refractivity contribution in [3.05, 3.63) is 34.6 Å². The Morgan fingerprint density at radius 1 is 1.40 bits per heavy atom. The fourth-order valence-corrected chi connectivity index (χ4v) is 2.96. The zero-order valence-corrected chi connectivity index (χ0v) is 12.9. The maximum absolute atomic E-state index is 13.5. The van der Waals surface area contributed by atoms with E-state index in [0.717, 1.165) is 38.2 Å². The van der Waals surface area contributed by atoms with Crippen molar-refractivity contribution in [2.75, 3.05) is 19.6 Å². The summed E-state index contributed by atoms with van der Waals surface area (Å²) in [4.78, 5) is 2.41. The van der Waals surface area contributed by atoms with Crippen LogP contribution in [0.5, 0.6) is 0 Å². The third kappa shape index (κ3) is 4.72. The molecule has 0 aromatic heterocycles. The Hall–Kier alpha value is -0.640. The van der Waals surface area contributed by atoms with Crippen molar-refractivity contribution in [3.63, 3.8) is 0 Å². The molecule has 1 aliphatic heterocycles. The third-order valence-electron chi connectivity index (χ3n) is 3.82. The highest BCUT2D eigenvalue weighted by Gasteiger charge is 2.16. The largest absolute Gasteiger partial charge is 0.313 e. The minimum absolute atomic E-state index is 0.199.